The number of para-hydroxylation sites is 1. The number of aliphatic carboxylic acids is 1. The Morgan fingerprint density at radius 2 is 1.70 bits per heavy atom. The van der Waals surface area contributed by atoms with Crippen molar-refractivity contribution in [3.8, 4) is 0 Å². The quantitative estimate of drug-likeness (QED) is 0.0871. The first-order valence-electron chi connectivity index (χ1n) is 12.0. The first kappa shape index (κ1) is 29.1. The summed E-state index contributed by atoms with van der Waals surface area (Å²) in [7, 11) is 0. The lowest BCUT2D eigenvalue weighted by molar-refractivity contribution is -0.138. The molecule has 37 heavy (non-hydrogen) atoms. The van der Waals surface area contributed by atoms with Crippen molar-refractivity contribution in [2.45, 2.75) is 51.2 Å². The SMILES string of the molecule is CC(C)C(N)C(=O)NC(Cc1c[nH]c2ccccc12)C(=O)NC(CCCN=C(N)N)C(=O)NCC(=O)O. The Labute approximate surface area is 214 Å². The van der Waals surface area contributed by atoms with Gasteiger partial charge in [-0.2, -0.15) is 0 Å². The van der Waals surface area contributed by atoms with Gasteiger partial charge in [-0.15, -0.1) is 0 Å². The second-order valence-corrected chi connectivity index (χ2v) is 9.02. The lowest BCUT2D eigenvalue weighted by atomic mass is 10.0. The highest BCUT2D eigenvalue weighted by Crippen LogP contribution is 2.19. The van der Waals surface area contributed by atoms with Crippen LogP contribution in [0.1, 0.15) is 32.3 Å². The Kier molecular flexibility index (Phi) is 10.9. The smallest absolute Gasteiger partial charge is 0.322 e. The molecule has 1 aromatic carbocycles. The van der Waals surface area contributed by atoms with Crippen molar-refractivity contribution in [1.82, 2.24) is 20.9 Å². The number of fused-ring (bicyclic) bond motifs is 1. The Morgan fingerprint density at radius 1 is 1.03 bits per heavy atom. The zero-order valence-electron chi connectivity index (χ0n) is 21.0. The van der Waals surface area contributed by atoms with E-state index in [1.165, 1.54) is 0 Å². The lowest BCUT2D eigenvalue weighted by Gasteiger charge is -2.25. The van der Waals surface area contributed by atoms with Crippen LogP contribution in [-0.4, -0.2) is 71.0 Å². The standard InChI is InChI=1S/C24H36N8O5/c1-13(2)20(25)23(37)32-18(10-14-11-29-16-7-4-3-6-15(14)16)22(36)31-17(8-5-9-28-24(26)27)21(35)30-12-19(33)34/h3-4,6-7,11,13,17-18,20,29H,5,8-10,12,25H2,1-2H3,(H,30,35)(H,31,36)(H,32,37)(H,33,34)(H4,26,27,28). The minimum Gasteiger partial charge on any atom is -0.480 e. The lowest BCUT2D eigenvalue weighted by Crippen LogP contribution is -2.57. The highest BCUT2D eigenvalue weighted by atomic mass is 16.4. The molecule has 13 nitrogen and oxygen atoms in total. The van der Waals surface area contributed by atoms with Gasteiger partial charge in [0.25, 0.3) is 0 Å². The van der Waals surface area contributed by atoms with Gasteiger partial charge in [0.2, 0.25) is 17.7 Å². The Balaban J connectivity index is 2.26. The molecule has 202 valence electrons. The normalized spacial score (nSPS) is 13.4. The molecule has 3 amide bonds. The first-order chi connectivity index (χ1) is 17.5. The number of hydrogen-bond donors (Lipinski definition) is 8. The molecule has 2 aromatic rings. The van der Waals surface area contributed by atoms with E-state index in [4.69, 9.17) is 22.3 Å². The summed E-state index contributed by atoms with van der Waals surface area (Å²) >= 11 is 0. The Hall–Kier alpha value is -4.13. The first-order valence-corrected chi connectivity index (χ1v) is 12.0. The second-order valence-electron chi connectivity index (χ2n) is 9.02. The van der Waals surface area contributed by atoms with Crippen molar-refractivity contribution in [2.75, 3.05) is 13.1 Å². The fraction of sp³-hybridized carbons (Fsp3) is 0.458. The summed E-state index contributed by atoms with van der Waals surface area (Å²) in [4.78, 5) is 56.7. The van der Waals surface area contributed by atoms with Crippen LogP contribution in [0.15, 0.2) is 35.5 Å². The number of aromatic nitrogens is 1. The summed E-state index contributed by atoms with van der Waals surface area (Å²) in [6, 6.07) is 4.54. The van der Waals surface area contributed by atoms with Crippen LogP contribution < -0.4 is 33.2 Å². The molecule has 0 fully saturated rings. The van der Waals surface area contributed by atoms with Gasteiger partial charge < -0.3 is 43.2 Å². The summed E-state index contributed by atoms with van der Waals surface area (Å²) in [5.41, 5.74) is 18.3. The molecule has 0 saturated carbocycles. The van der Waals surface area contributed by atoms with Gasteiger partial charge in [-0.1, -0.05) is 32.0 Å². The molecule has 1 aromatic heterocycles. The molecule has 0 saturated heterocycles. The summed E-state index contributed by atoms with van der Waals surface area (Å²) in [5, 5.41) is 17.4. The zero-order valence-corrected chi connectivity index (χ0v) is 21.0. The number of aliphatic imine (C=N–C) groups is 1. The van der Waals surface area contributed by atoms with Crippen LogP contribution in [0.25, 0.3) is 10.9 Å². The summed E-state index contributed by atoms with van der Waals surface area (Å²) in [6.45, 7) is 3.17. The molecule has 2 rings (SSSR count). The number of guanidine groups is 1. The van der Waals surface area contributed by atoms with Gasteiger partial charge in [-0.05, 0) is 30.4 Å². The molecule has 0 aliphatic carbocycles. The number of aromatic amines is 1. The van der Waals surface area contributed by atoms with Gasteiger partial charge in [-0.25, -0.2) is 0 Å². The fourth-order valence-corrected chi connectivity index (χ4v) is 3.63. The summed E-state index contributed by atoms with van der Waals surface area (Å²) < 4.78 is 0. The van der Waals surface area contributed by atoms with Crippen molar-refractivity contribution in [3.63, 3.8) is 0 Å². The van der Waals surface area contributed by atoms with E-state index in [-0.39, 0.29) is 31.3 Å². The predicted octanol–water partition coefficient (Wildman–Crippen LogP) is -1.08. The van der Waals surface area contributed by atoms with Crippen molar-refractivity contribution < 1.29 is 24.3 Å². The van der Waals surface area contributed by atoms with Crippen molar-refractivity contribution >= 4 is 40.6 Å². The number of carboxylic acids is 1. The third kappa shape index (κ3) is 9.11. The maximum absolute atomic E-state index is 13.4. The van der Waals surface area contributed by atoms with Gasteiger partial charge in [0, 0.05) is 30.1 Å². The van der Waals surface area contributed by atoms with Crippen LogP contribution in [0.3, 0.4) is 0 Å². The number of hydrogen-bond acceptors (Lipinski definition) is 6. The molecule has 11 N–H and O–H groups in total. The Morgan fingerprint density at radius 3 is 2.35 bits per heavy atom. The molecular weight excluding hydrogens is 480 g/mol. The average Bonchev–Trinajstić information content (AvgIpc) is 3.25. The minimum absolute atomic E-state index is 0.112. The number of rotatable bonds is 14. The molecule has 1 heterocycles. The van der Waals surface area contributed by atoms with E-state index < -0.39 is 48.4 Å². The third-order valence-corrected chi connectivity index (χ3v) is 5.75. The zero-order chi connectivity index (χ0) is 27.5. The van der Waals surface area contributed by atoms with E-state index in [0.717, 1.165) is 16.5 Å². The number of amides is 3. The van der Waals surface area contributed by atoms with Crippen LogP contribution in [-0.2, 0) is 25.6 Å². The van der Waals surface area contributed by atoms with Crippen molar-refractivity contribution in [2.24, 2.45) is 28.1 Å². The maximum atomic E-state index is 13.4. The molecule has 0 radical (unpaired) electrons. The van der Waals surface area contributed by atoms with Crippen LogP contribution in [0.2, 0.25) is 0 Å². The van der Waals surface area contributed by atoms with Gasteiger partial charge in [0.1, 0.15) is 18.6 Å². The number of nitrogens with zero attached hydrogens (tertiary/aromatic N) is 1. The topological polar surface area (TPSA) is 231 Å². The number of H-pyrrole nitrogens is 1. The summed E-state index contributed by atoms with van der Waals surface area (Å²) in [6.07, 6.45) is 2.35. The number of carbonyl (C=O) groups is 4. The molecule has 3 atom stereocenters. The van der Waals surface area contributed by atoms with Crippen LogP contribution in [0, 0.1) is 5.92 Å². The summed E-state index contributed by atoms with van der Waals surface area (Å²) in [5.74, 6) is -3.31. The maximum Gasteiger partial charge on any atom is 0.322 e. The number of benzene rings is 1. The third-order valence-electron chi connectivity index (χ3n) is 5.75. The van der Waals surface area contributed by atoms with Crippen molar-refractivity contribution in [3.05, 3.63) is 36.0 Å². The molecule has 0 spiro atoms. The largest absolute Gasteiger partial charge is 0.480 e. The molecule has 0 aliphatic rings. The molecule has 13 heteroatoms. The molecule has 3 unspecified atom stereocenters. The van der Waals surface area contributed by atoms with Gasteiger partial charge in [0.15, 0.2) is 5.96 Å². The minimum atomic E-state index is -1.23. The second kappa shape index (κ2) is 13.8. The predicted molar refractivity (Wildman–Crippen MR) is 139 cm³/mol. The Bertz CT molecular complexity index is 1130. The van der Waals surface area contributed by atoms with Crippen LogP contribution >= 0.6 is 0 Å². The highest BCUT2D eigenvalue weighted by molar-refractivity contribution is 5.94. The van der Waals surface area contributed by atoms with E-state index in [2.05, 4.69) is 25.9 Å². The van der Waals surface area contributed by atoms with Gasteiger partial charge in [0.05, 0.1) is 6.04 Å². The van der Waals surface area contributed by atoms with Crippen LogP contribution in [0.5, 0.6) is 0 Å². The monoisotopic (exact) mass is 516 g/mol. The fourth-order valence-electron chi connectivity index (χ4n) is 3.63. The average molecular weight is 517 g/mol. The number of nitrogens with one attached hydrogen (secondary N) is 4. The number of carbonyl (C=O) groups excluding carboxylic acids is 3. The van der Waals surface area contributed by atoms with Crippen molar-refractivity contribution in [1.29, 1.82) is 0 Å². The van der Waals surface area contributed by atoms with E-state index in [1.807, 2.05) is 24.3 Å². The van der Waals surface area contributed by atoms with Gasteiger partial charge in [-0.3, -0.25) is 24.2 Å². The number of carboxylic acid groups (broad SMARTS) is 1. The van der Waals surface area contributed by atoms with E-state index in [0.29, 0.717) is 6.42 Å². The highest BCUT2D eigenvalue weighted by Gasteiger charge is 2.29. The van der Waals surface area contributed by atoms with Gasteiger partial charge >= 0.3 is 5.97 Å². The molecule has 0 aliphatic heterocycles. The van der Waals surface area contributed by atoms with E-state index in [1.54, 1.807) is 20.0 Å². The molecular formula is C24H36N8O5. The number of nitrogens with two attached hydrogens (primary N) is 3. The van der Waals surface area contributed by atoms with E-state index >= 15 is 0 Å². The molecule has 0 bridgehead atoms. The van der Waals surface area contributed by atoms with Crippen LogP contribution in [0.4, 0.5) is 0 Å². The van der Waals surface area contributed by atoms with E-state index in [9.17, 15) is 19.2 Å².